The molecule has 2 unspecified atom stereocenters. The summed E-state index contributed by atoms with van der Waals surface area (Å²) in [6.45, 7) is 7.76. The number of nitrogens with one attached hydrogen (secondary N) is 1. The number of aromatic nitrogens is 1. The van der Waals surface area contributed by atoms with Gasteiger partial charge in [-0.05, 0) is 30.5 Å². The molecule has 5 heteroatoms. The minimum atomic E-state index is -0.974. The van der Waals surface area contributed by atoms with E-state index in [1.807, 2.05) is 61.7 Å². The molecule has 0 bridgehead atoms. The summed E-state index contributed by atoms with van der Waals surface area (Å²) in [4.78, 5) is 44.1. The van der Waals surface area contributed by atoms with Crippen LogP contribution in [0.4, 0.5) is 0 Å². The van der Waals surface area contributed by atoms with Crippen LogP contribution in [-0.4, -0.2) is 33.9 Å². The maximum absolute atomic E-state index is 13.2. The van der Waals surface area contributed by atoms with Gasteiger partial charge in [-0.25, -0.2) is 0 Å². The molecule has 0 aliphatic carbocycles. The van der Waals surface area contributed by atoms with Gasteiger partial charge in [0, 0.05) is 29.1 Å². The van der Waals surface area contributed by atoms with E-state index in [2.05, 4.69) is 4.98 Å². The summed E-state index contributed by atoms with van der Waals surface area (Å²) >= 11 is 0. The third-order valence-corrected chi connectivity index (χ3v) is 6.14. The molecule has 0 spiro atoms. The van der Waals surface area contributed by atoms with Crippen LogP contribution in [-0.2, 0) is 20.8 Å². The highest BCUT2D eigenvalue weighted by atomic mass is 16.2. The molecule has 4 rings (SSSR count). The molecule has 2 heterocycles. The van der Waals surface area contributed by atoms with Crippen LogP contribution in [0.25, 0.3) is 10.9 Å². The first-order chi connectivity index (χ1) is 14.7. The van der Waals surface area contributed by atoms with Crippen molar-refractivity contribution in [2.24, 2.45) is 11.3 Å². The summed E-state index contributed by atoms with van der Waals surface area (Å²) in [7, 11) is 0. The molecule has 2 aromatic carbocycles. The van der Waals surface area contributed by atoms with Crippen LogP contribution in [0.1, 0.15) is 43.5 Å². The van der Waals surface area contributed by atoms with Gasteiger partial charge in [-0.15, -0.1) is 0 Å². The fourth-order valence-corrected chi connectivity index (χ4v) is 4.41. The molecule has 1 amide bonds. The number of ketones is 2. The fraction of sp³-hybridized carbons (Fsp3) is 0.346. The molecule has 1 N–H and O–H groups in total. The van der Waals surface area contributed by atoms with Gasteiger partial charge in [-0.3, -0.25) is 14.4 Å². The maximum Gasteiger partial charge on any atom is 0.291 e. The van der Waals surface area contributed by atoms with Gasteiger partial charge in [0.2, 0.25) is 5.78 Å². The van der Waals surface area contributed by atoms with E-state index in [-0.39, 0.29) is 5.78 Å². The van der Waals surface area contributed by atoms with E-state index in [0.717, 1.165) is 27.6 Å². The number of fused-ring (bicyclic) bond motifs is 1. The van der Waals surface area contributed by atoms with Gasteiger partial charge in [0.15, 0.2) is 5.78 Å². The van der Waals surface area contributed by atoms with Crippen molar-refractivity contribution in [3.8, 4) is 0 Å². The number of aryl methyl sites for hydroxylation is 1. The number of hydrogen-bond acceptors (Lipinski definition) is 3. The van der Waals surface area contributed by atoms with Crippen molar-refractivity contribution in [2.45, 2.75) is 40.2 Å². The number of rotatable bonds is 5. The molecule has 0 saturated carbocycles. The predicted octanol–water partition coefficient (Wildman–Crippen LogP) is 4.40. The zero-order valence-electron chi connectivity index (χ0n) is 18.4. The predicted molar refractivity (Wildman–Crippen MR) is 121 cm³/mol. The largest absolute Gasteiger partial charge is 0.361 e. The summed E-state index contributed by atoms with van der Waals surface area (Å²) in [5.41, 5.74) is 3.33. The number of carbonyl (C=O) groups excluding carboxylic acids is 3. The Balaban J connectivity index is 1.70. The molecule has 1 fully saturated rings. The number of benzene rings is 2. The van der Waals surface area contributed by atoms with Gasteiger partial charge < -0.3 is 9.88 Å². The minimum Gasteiger partial charge on any atom is -0.361 e. The zero-order chi connectivity index (χ0) is 22.3. The van der Waals surface area contributed by atoms with Crippen LogP contribution < -0.4 is 0 Å². The van der Waals surface area contributed by atoms with E-state index in [0.29, 0.717) is 13.0 Å². The van der Waals surface area contributed by atoms with Gasteiger partial charge in [0.05, 0.1) is 6.04 Å². The average molecular weight is 417 g/mol. The molecule has 1 aliphatic heterocycles. The van der Waals surface area contributed by atoms with E-state index in [4.69, 9.17) is 0 Å². The number of amides is 1. The van der Waals surface area contributed by atoms with Crippen LogP contribution in [0.15, 0.2) is 54.7 Å². The van der Waals surface area contributed by atoms with Gasteiger partial charge in [-0.2, -0.15) is 0 Å². The van der Waals surface area contributed by atoms with E-state index in [1.54, 1.807) is 25.7 Å². The summed E-state index contributed by atoms with van der Waals surface area (Å²) < 4.78 is 0. The topological polar surface area (TPSA) is 70.2 Å². The Bertz CT molecular complexity index is 1150. The van der Waals surface area contributed by atoms with Crippen LogP contribution in [0, 0.1) is 18.3 Å². The van der Waals surface area contributed by atoms with Crippen molar-refractivity contribution < 1.29 is 14.4 Å². The van der Waals surface area contributed by atoms with Crippen LogP contribution in [0.2, 0.25) is 0 Å². The highest BCUT2D eigenvalue weighted by Gasteiger charge is 2.53. The smallest absolute Gasteiger partial charge is 0.291 e. The fourth-order valence-electron chi connectivity index (χ4n) is 4.41. The molecular formula is C26H28N2O3. The summed E-state index contributed by atoms with van der Waals surface area (Å²) in [6.07, 6.45) is 2.55. The Kier molecular flexibility index (Phi) is 5.29. The Morgan fingerprint density at radius 2 is 1.71 bits per heavy atom. The van der Waals surface area contributed by atoms with Crippen molar-refractivity contribution in [1.29, 1.82) is 0 Å². The van der Waals surface area contributed by atoms with Crippen LogP contribution in [0.5, 0.6) is 0 Å². The van der Waals surface area contributed by atoms with E-state index in [1.165, 1.54) is 0 Å². The number of para-hydroxylation sites is 1. The zero-order valence-corrected chi connectivity index (χ0v) is 18.4. The quantitative estimate of drug-likeness (QED) is 0.495. The molecule has 160 valence electrons. The highest BCUT2D eigenvalue weighted by Crippen LogP contribution is 2.40. The van der Waals surface area contributed by atoms with Crippen molar-refractivity contribution in [3.05, 3.63) is 71.4 Å². The Labute approximate surface area is 182 Å². The number of nitrogens with zero attached hydrogens (tertiary/aromatic N) is 1. The second kappa shape index (κ2) is 7.80. The SMILES string of the molecule is Cc1ccc(C2C(C(=O)C(C)(C)C)C(=O)C(=O)N2CCc2c[nH]c3ccccc23)cc1. The maximum atomic E-state index is 13.2. The molecule has 1 aromatic heterocycles. The number of likely N-dealkylation sites (tertiary alicyclic amines) is 1. The summed E-state index contributed by atoms with van der Waals surface area (Å²) in [6, 6.07) is 15.2. The monoisotopic (exact) mass is 416 g/mol. The lowest BCUT2D eigenvalue weighted by Gasteiger charge is -2.30. The number of hydrogen-bond donors (Lipinski definition) is 1. The Hall–Kier alpha value is -3.21. The van der Waals surface area contributed by atoms with Crippen molar-refractivity contribution in [3.63, 3.8) is 0 Å². The normalized spacial score (nSPS) is 19.4. The summed E-state index contributed by atoms with van der Waals surface area (Å²) in [5, 5.41) is 1.11. The molecule has 2 atom stereocenters. The van der Waals surface area contributed by atoms with Crippen LogP contribution >= 0.6 is 0 Å². The lowest BCUT2D eigenvalue weighted by atomic mass is 9.77. The highest BCUT2D eigenvalue weighted by molar-refractivity contribution is 6.43. The summed E-state index contributed by atoms with van der Waals surface area (Å²) in [5.74, 6) is -2.32. The molecule has 5 nitrogen and oxygen atoms in total. The molecular weight excluding hydrogens is 388 g/mol. The first-order valence-electron chi connectivity index (χ1n) is 10.7. The number of H-pyrrole nitrogens is 1. The minimum absolute atomic E-state index is 0.189. The molecule has 1 saturated heterocycles. The second-order valence-electron chi connectivity index (χ2n) is 9.42. The standard InChI is InChI=1S/C26H28N2O3/c1-16-9-11-17(12-10-16)22-21(24(30)26(2,3)4)23(29)25(31)28(22)14-13-18-15-27-20-8-6-5-7-19(18)20/h5-12,15,21-22,27H,13-14H2,1-4H3. The van der Waals surface area contributed by atoms with Crippen molar-refractivity contribution >= 4 is 28.4 Å². The number of carbonyl (C=O) groups is 3. The average Bonchev–Trinajstić information content (AvgIpc) is 3.25. The van der Waals surface area contributed by atoms with Crippen molar-refractivity contribution in [1.82, 2.24) is 9.88 Å². The first kappa shape index (κ1) is 21.0. The Morgan fingerprint density at radius 3 is 2.39 bits per heavy atom. The third-order valence-electron chi connectivity index (χ3n) is 6.14. The van der Waals surface area contributed by atoms with Gasteiger partial charge in [-0.1, -0.05) is 68.8 Å². The van der Waals surface area contributed by atoms with E-state index in [9.17, 15) is 14.4 Å². The van der Waals surface area contributed by atoms with Gasteiger partial charge in [0.25, 0.3) is 5.91 Å². The van der Waals surface area contributed by atoms with Gasteiger partial charge >= 0.3 is 0 Å². The van der Waals surface area contributed by atoms with E-state index < -0.39 is 29.1 Å². The van der Waals surface area contributed by atoms with Gasteiger partial charge in [0.1, 0.15) is 5.92 Å². The lowest BCUT2D eigenvalue weighted by Crippen LogP contribution is -2.36. The van der Waals surface area contributed by atoms with Crippen LogP contribution in [0.3, 0.4) is 0 Å². The third kappa shape index (κ3) is 3.80. The number of aromatic amines is 1. The van der Waals surface area contributed by atoms with E-state index >= 15 is 0 Å². The first-order valence-corrected chi connectivity index (χ1v) is 10.7. The molecule has 31 heavy (non-hydrogen) atoms. The molecule has 1 aliphatic rings. The molecule has 0 radical (unpaired) electrons. The lowest BCUT2D eigenvalue weighted by molar-refractivity contribution is -0.143. The second-order valence-corrected chi connectivity index (χ2v) is 9.42. The molecule has 3 aromatic rings. The Morgan fingerprint density at radius 1 is 1.03 bits per heavy atom. The number of Topliss-reactive ketones (excluding diaryl/α,β-unsaturated/α-hetero) is 2. The van der Waals surface area contributed by atoms with Crippen molar-refractivity contribution in [2.75, 3.05) is 6.54 Å².